The molecule has 1 aromatic heterocycles. The third kappa shape index (κ3) is 5.77. The molecule has 0 spiro atoms. The Bertz CT molecular complexity index is 537. The molecule has 0 fully saturated rings. The fraction of sp³-hybridized carbons (Fsp3) is 0.562. The van der Waals surface area contributed by atoms with E-state index >= 15 is 0 Å². The van der Waals surface area contributed by atoms with Gasteiger partial charge in [-0.1, -0.05) is 27.7 Å². The van der Waals surface area contributed by atoms with E-state index in [4.69, 9.17) is 4.42 Å². The number of carbonyl (C=O) groups is 3. The van der Waals surface area contributed by atoms with Crippen LogP contribution >= 0.6 is 0 Å². The minimum atomic E-state index is -1.09. The second-order valence-electron chi connectivity index (χ2n) is 6.20. The van der Waals surface area contributed by atoms with Gasteiger partial charge in [-0.05, 0) is 30.4 Å². The Kier molecular flexibility index (Phi) is 6.81. The Balaban J connectivity index is 2.77. The van der Waals surface area contributed by atoms with Crippen LogP contribution in [0.5, 0.6) is 0 Å². The summed E-state index contributed by atoms with van der Waals surface area (Å²) in [6.07, 6.45) is 1.68. The average Bonchev–Trinajstić information content (AvgIpc) is 2.96. The highest BCUT2D eigenvalue weighted by Gasteiger charge is 2.29. The minimum absolute atomic E-state index is 0.0976. The summed E-state index contributed by atoms with van der Waals surface area (Å²) in [5.41, 5.74) is 0. The number of aliphatic carboxylic acids is 1. The van der Waals surface area contributed by atoms with E-state index in [0.29, 0.717) is 6.42 Å². The Labute approximate surface area is 135 Å². The first-order valence-corrected chi connectivity index (χ1v) is 7.60. The normalized spacial score (nSPS) is 13.7. The van der Waals surface area contributed by atoms with Gasteiger partial charge in [-0.25, -0.2) is 4.79 Å². The highest BCUT2D eigenvalue weighted by Crippen LogP contribution is 2.09. The number of carbonyl (C=O) groups excluding carboxylic acids is 2. The first kappa shape index (κ1) is 18.7. The van der Waals surface area contributed by atoms with Crippen LogP contribution in [0.2, 0.25) is 0 Å². The minimum Gasteiger partial charge on any atom is -0.480 e. The van der Waals surface area contributed by atoms with Crippen molar-refractivity contribution in [1.29, 1.82) is 0 Å². The summed E-state index contributed by atoms with van der Waals surface area (Å²) in [5, 5.41) is 14.3. The van der Waals surface area contributed by atoms with Gasteiger partial charge in [0.15, 0.2) is 5.76 Å². The van der Waals surface area contributed by atoms with Crippen LogP contribution in [-0.4, -0.2) is 35.0 Å². The fourth-order valence-corrected chi connectivity index (χ4v) is 2.11. The Morgan fingerprint density at radius 3 is 2.26 bits per heavy atom. The summed E-state index contributed by atoms with van der Waals surface area (Å²) in [6, 6.07) is 1.23. The molecule has 1 heterocycles. The van der Waals surface area contributed by atoms with E-state index in [1.54, 1.807) is 19.9 Å². The van der Waals surface area contributed by atoms with Gasteiger partial charge in [0.25, 0.3) is 5.91 Å². The predicted octanol–water partition coefficient (Wildman–Crippen LogP) is 1.65. The van der Waals surface area contributed by atoms with Crippen LogP contribution in [0, 0.1) is 11.8 Å². The van der Waals surface area contributed by atoms with Crippen molar-refractivity contribution in [3.8, 4) is 0 Å². The van der Waals surface area contributed by atoms with E-state index in [2.05, 4.69) is 10.6 Å². The van der Waals surface area contributed by atoms with Crippen molar-refractivity contribution in [2.75, 3.05) is 0 Å². The van der Waals surface area contributed by atoms with Crippen molar-refractivity contribution in [3.05, 3.63) is 24.2 Å². The van der Waals surface area contributed by atoms with Gasteiger partial charge in [-0.2, -0.15) is 0 Å². The Hall–Kier alpha value is -2.31. The van der Waals surface area contributed by atoms with Crippen molar-refractivity contribution in [2.45, 2.75) is 46.2 Å². The molecule has 0 bridgehead atoms. The number of carboxylic acids is 1. The van der Waals surface area contributed by atoms with Crippen molar-refractivity contribution >= 4 is 17.8 Å². The first-order valence-electron chi connectivity index (χ1n) is 7.60. The van der Waals surface area contributed by atoms with Crippen LogP contribution < -0.4 is 10.6 Å². The molecule has 0 saturated carbocycles. The van der Waals surface area contributed by atoms with Gasteiger partial charge < -0.3 is 20.2 Å². The van der Waals surface area contributed by atoms with Crippen LogP contribution in [0.1, 0.15) is 44.7 Å². The molecule has 0 aromatic carbocycles. The van der Waals surface area contributed by atoms with E-state index < -0.39 is 29.9 Å². The summed E-state index contributed by atoms with van der Waals surface area (Å²) in [4.78, 5) is 35.6. The fourth-order valence-electron chi connectivity index (χ4n) is 2.11. The molecule has 2 atom stereocenters. The van der Waals surface area contributed by atoms with Gasteiger partial charge in [-0.3, -0.25) is 9.59 Å². The molecule has 0 aliphatic heterocycles. The monoisotopic (exact) mass is 324 g/mol. The first-order chi connectivity index (χ1) is 10.7. The molecule has 2 amide bonds. The molecule has 3 N–H and O–H groups in total. The summed E-state index contributed by atoms with van der Waals surface area (Å²) in [7, 11) is 0. The maximum Gasteiger partial charge on any atom is 0.326 e. The van der Waals surface area contributed by atoms with Crippen molar-refractivity contribution in [2.24, 2.45) is 11.8 Å². The third-order valence-corrected chi connectivity index (χ3v) is 3.30. The second kappa shape index (κ2) is 8.36. The van der Waals surface area contributed by atoms with Crippen molar-refractivity contribution in [1.82, 2.24) is 10.6 Å². The highest BCUT2D eigenvalue weighted by atomic mass is 16.4. The number of furan rings is 1. The van der Waals surface area contributed by atoms with E-state index in [1.165, 1.54) is 12.3 Å². The second-order valence-corrected chi connectivity index (χ2v) is 6.20. The van der Waals surface area contributed by atoms with Gasteiger partial charge in [0.1, 0.15) is 12.1 Å². The highest BCUT2D eigenvalue weighted by molar-refractivity contribution is 5.96. The SMILES string of the molecule is CC(C)C[C@@H](NC(=O)C(NC(=O)c1ccco1)C(C)C)C(=O)O. The topological polar surface area (TPSA) is 109 Å². The van der Waals surface area contributed by atoms with Gasteiger partial charge in [0.05, 0.1) is 6.26 Å². The van der Waals surface area contributed by atoms with Crippen molar-refractivity contribution in [3.63, 3.8) is 0 Å². The van der Waals surface area contributed by atoms with Gasteiger partial charge >= 0.3 is 5.97 Å². The van der Waals surface area contributed by atoms with Gasteiger partial charge in [0, 0.05) is 0 Å². The quantitative estimate of drug-likeness (QED) is 0.674. The predicted molar refractivity (Wildman–Crippen MR) is 83.8 cm³/mol. The molecule has 0 aliphatic carbocycles. The van der Waals surface area contributed by atoms with E-state index in [0.717, 1.165) is 0 Å². The molecule has 1 unspecified atom stereocenters. The molecule has 7 heteroatoms. The Morgan fingerprint density at radius 1 is 1.17 bits per heavy atom. The van der Waals surface area contributed by atoms with E-state index in [1.807, 2.05) is 13.8 Å². The lowest BCUT2D eigenvalue weighted by Crippen LogP contribution is -2.53. The molecule has 1 rings (SSSR count). The molecule has 0 radical (unpaired) electrons. The molecule has 128 valence electrons. The van der Waals surface area contributed by atoms with E-state index in [9.17, 15) is 19.5 Å². The molecule has 23 heavy (non-hydrogen) atoms. The maximum absolute atomic E-state index is 12.4. The smallest absolute Gasteiger partial charge is 0.326 e. The van der Waals surface area contributed by atoms with Gasteiger partial charge in [-0.15, -0.1) is 0 Å². The number of nitrogens with one attached hydrogen (secondary N) is 2. The van der Waals surface area contributed by atoms with Crippen LogP contribution in [-0.2, 0) is 9.59 Å². The number of carboxylic acid groups (broad SMARTS) is 1. The molecular formula is C16H24N2O5. The summed E-state index contributed by atoms with van der Waals surface area (Å²) >= 11 is 0. The third-order valence-electron chi connectivity index (χ3n) is 3.30. The lowest BCUT2D eigenvalue weighted by Gasteiger charge is -2.24. The standard InChI is InChI=1S/C16H24N2O5/c1-9(2)8-11(16(21)22)17-15(20)13(10(3)4)18-14(19)12-6-5-7-23-12/h5-7,9-11,13H,8H2,1-4H3,(H,17,20)(H,18,19)(H,21,22)/t11-,13?/m1/s1. The number of hydrogen-bond acceptors (Lipinski definition) is 4. The van der Waals surface area contributed by atoms with Crippen LogP contribution in [0.25, 0.3) is 0 Å². The van der Waals surface area contributed by atoms with Crippen LogP contribution in [0.3, 0.4) is 0 Å². The zero-order chi connectivity index (χ0) is 17.6. The van der Waals surface area contributed by atoms with Crippen LogP contribution in [0.4, 0.5) is 0 Å². The number of hydrogen-bond donors (Lipinski definition) is 3. The summed E-state index contributed by atoms with van der Waals surface area (Å²) in [5.74, 6) is -2.12. The summed E-state index contributed by atoms with van der Waals surface area (Å²) < 4.78 is 4.99. The summed E-state index contributed by atoms with van der Waals surface area (Å²) in [6.45, 7) is 7.29. The molecule has 7 nitrogen and oxygen atoms in total. The average molecular weight is 324 g/mol. The number of rotatable bonds is 8. The van der Waals surface area contributed by atoms with Crippen molar-refractivity contribution < 1.29 is 23.9 Å². The molecule has 0 aliphatic rings. The Morgan fingerprint density at radius 2 is 1.83 bits per heavy atom. The van der Waals surface area contributed by atoms with Crippen LogP contribution in [0.15, 0.2) is 22.8 Å². The van der Waals surface area contributed by atoms with Gasteiger partial charge in [0.2, 0.25) is 5.91 Å². The molecule has 1 aromatic rings. The molecule has 0 saturated heterocycles. The van der Waals surface area contributed by atoms with E-state index in [-0.39, 0.29) is 17.6 Å². The largest absolute Gasteiger partial charge is 0.480 e. The zero-order valence-corrected chi connectivity index (χ0v) is 13.8. The molecular weight excluding hydrogens is 300 g/mol. The maximum atomic E-state index is 12.4. The lowest BCUT2D eigenvalue weighted by atomic mass is 10.0. The lowest BCUT2D eigenvalue weighted by molar-refractivity contribution is -0.142. The number of amides is 2. The zero-order valence-electron chi connectivity index (χ0n) is 13.8.